The molecule has 22 heavy (non-hydrogen) atoms. The topological polar surface area (TPSA) is 71.4 Å². The fourth-order valence-electron chi connectivity index (χ4n) is 2.23. The Bertz CT molecular complexity index is 683. The van der Waals surface area contributed by atoms with Crippen LogP contribution in [0.2, 0.25) is 0 Å². The van der Waals surface area contributed by atoms with Gasteiger partial charge in [0.2, 0.25) is 0 Å². The third-order valence-electron chi connectivity index (χ3n) is 3.49. The standard InChI is InChI=1S/C15H18N6.ClH/c1-11-14(12(2)20-19-11)9-17-7-13-3-4-15(18-8-13)21-6-5-16-10-21;/h3-6,8,10,17H,7,9H2,1-2H3,(H,19,20);1H. The normalized spacial score (nSPS) is 10.5. The first-order valence-electron chi connectivity index (χ1n) is 6.88. The summed E-state index contributed by atoms with van der Waals surface area (Å²) in [5.41, 5.74) is 4.55. The van der Waals surface area contributed by atoms with Gasteiger partial charge in [0.05, 0.1) is 5.69 Å². The van der Waals surface area contributed by atoms with Crippen LogP contribution in [-0.4, -0.2) is 24.7 Å². The van der Waals surface area contributed by atoms with E-state index >= 15 is 0 Å². The van der Waals surface area contributed by atoms with Crippen LogP contribution in [0.4, 0.5) is 0 Å². The van der Waals surface area contributed by atoms with Crippen LogP contribution in [0.25, 0.3) is 5.82 Å². The van der Waals surface area contributed by atoms with E-state index in [1.165, 1.54) is 5.56 Å². The molecule has 3 aromatic heterocycles. The van der Waals surface area contributed by atoms with Gasteiger partial charge in [-0.15, -0.1) is 12.4 Å². The maximum atomic E-state index is 4.44. The second-order valence-electron chi connectivity index (χ2n) is 5.01. The monoisotopic (exact) mass is 318 g/mol. The van der Waals surface area contributed by atoms with Crippen LogP contribution < -0.4 is 5.32 Å². The third-order valence-corrected chi connectivity index (χ3v) is 3.49. The first-order valence-corrected chi connectivity index (χ1v) is 6.88. The number of aromatic nitrogens is 5. The zero-order valence-corrected chi connectivity index (χ0v) is 13.4. The van der Waals surface area contributed by atoms with Gasteiger partial charge >= 0.3 is 0 Å². The van der Waals surface area contributed by atoms with Gasteiger partial charge in [0.15, 0.2) is 0 Å². The quantitative estimate of drug-likeness (QED) is 0.757. The van der Waals surface area contributed by atoms with Gasteiger partial charge in [-0.05, 0) is 25.5 Å². The Balaban J connectivity index is 0.00000176. The van der Waals surface area contributed by atoms with E-state index in [0.717, 1.165) is 35.9 Å². The van der Waals surface area contributed by atoms with Crippen molar-refractivity contribution in [1.29, 1.82) is 0 Å². The van der Waals surface area contributed by atoms with E-state index in [9.17, 15) is 0 Å². The molecular formula is C15H19ClN6. The first-order chi connectivity index (χ1) is 10.2. The van der Waals surface area contributed by atoms with Crippen LogP contribution in [0.5, 0.6) is 0 Å². The molecule has 7 heteroatoms. The van der Waals surface area contributed by atoms with Crippen molar-refractivity contribution >= 4 is 12.4 Å². The molecule has 2 N–H and O–H groups in total. The summed E-state index contributed by atoms with van der Waals surface area (Å²) in [6.07, 6.45) is 7.25. The van der Waals surface area contributed by atoms with Gasteiger partial charge in [0, 0.05) is 42.9 Å². The smallest absolute Gasteiger partial charge is 0.137 e. The number of hydrogen-bond donors (Lipinski definition) is 2. The maximum absolute atomic E-state index is 4.44. The van der Waals surface area contributed by atoms with E-state index in [1.807, 2.05) is 36.9 Å². The highest BCUT2D eigenvalue weighted by molar-refractivity contribution is 5.85. The molecule has 0 atom stereocenters. The largest absolute Gasteiger partial charge is 0.308 e. The molecule has 0 spiro atoms. The molecule has 0 unspecified atom stereocenters. The van der Waals surface area contributed by atoms with Crippen molar-refractivity contribution in [2.24, 2.45) is 0 Å². The summed E-state index contributed by atoms with van der Waals surface area (Å²) in [7, 11) is 0. The molecule has 0 aliphatic carbocycles. The Kier molecular flexibility index (Phi) is 5.30. The third kappa shape index (κ3) is 3.52. The molecular weight excluding hydrogens is 300 g/mol. The van der Waals surface area contributed by atoms with Gasteiger partial charge in [-0.25, -0.2) is 9.97 Å². The van der Waals surface area contributed by atoms with Gasteiger partial charge in [0.25, 0.3) is 0 Å². The number of halogens is 1. The summed E-state index contributed by atoms with van der Waals surface area (Å²) in [6, 6.07) is 4.07. The van der Waals surface area contributed by atoms with E-state index in [2.05, 4.69) is 31.5 Å². The maximum Gasteiger partial charge on any atom is 0.137 e. The van der Waals surface area contributed by atoms with Crippen LogP contribution >= 0.6 is 12.4 Å². The minimum Gasteiger partial charge on any atom is -0.308 e. The summed E-state index contributed by atoms with van der Waals surface area (Å²) in [5, 5.41) is 10.6. The van der Waals surface area contributed by atoms with Crippen LogP contribution in [0.1, 0.15) is 22.5 Å². The molecule has 0 aliphatic rings. The summed E-state index contributed by atoms with van der Waals surface area (Å²) < 4.78 is 1.88. The Hall–Kier alpha value is -2.18. The molecule has 3 rings (SSSR count). The predicted octanol–water partition coefficient (Wildman–Crippen LogP) is 2.32. The van der Waals surface area contributed by atoms with Crippen molar-refractivity contribution in [2.45, 2.75) is 26.9 Å². The van der Waals surface area contributed by atoms with E-state index in [1.54, 1.807) is 12.5 Å². The van der Waals surface area contributed by atoms with Crippen molar-refractivity contribution in [3.05, 3.63) is 59.6 Å². The highest BCUT2D eigenvalue weighted by Crippen LogP contribution is 2.09. The number of pyridine rings is 1. The van der Waals surface area contributed by atoms with Crippen molar-refractivity contribution in [2.75, 3.05) is 0 Å². The van der Waals surface area contributed by atoms with Crippen LogP contribution in [0.15, 0.2) is 37.1 Å². The van der Waals surface area contributed by atoms with Crippen LogP contribution in [0, 0.1) is 13.8 Å². The Morgan fingerprint density at radius 1 is 1.23 bits per heavy atom. The van der Waals surface area contributed by atoms with Crippen molar-refractivity contribution in [3.63, 3.8) is 0 Å². The van der Waals surface area contributed by atoms with Gasteiger partial charge in [-0.3, -0.25) is 9.67 Å². The van der Waals surface area contributed by atoms with Gasteiger partial charge in [-0.1, -0.05) is 6.07 Å². The number of aromatic amines is 1. The highest BCUT2D eigenvalue weighted by Gasteiger charge is 2.05. The predicted molar refractivity (Wildman–Crippen MR) is 87.2 cm³/mol. The molecule has 0 saturated heterocycles. The molecule has 6 nitrogen and oxygen atoms in total. The molecule has 0 bridgehead atoms. The van der Waals surface area contributed by atoms with E-state index in [4.69, 9.17) is 0 Å². The fourth-order valence-corrected chi connectivity index (χ4v) is 2.23. The molecule has 116 valence electrons. The number of H-pyrrole nitrogens is 1. The molecule has 0 aromatic carbocycles. The summed E-state index contributed by atoms with van der Waals surface area (Å²) in [6.45, 7) is 5.64. The average molecular weight is 319 g/mol. The minimum absolute atomic E-state index is 0. The number of aryl methyl sites for hydroxylation is 2. The SMILES string of the molecule is Cc1n[nH]c(C)c1CNCc1ccc(-n2ccnc2)nc1.Cl. The zero-order valence-electron chi connectivity index (χ0n) is 12.6. The minimum atomic E-state index is 0. The van der Waals surface area contributed by atoms with Crippen molar-refractivity contribution < 1.29 is 0 Å². The Morgan fingerprint density at radius 2 is 2.09 bits per heavy atom. The molecule has 0 amide bonds. The Labute approximate surface area is 135 Å². The number of nitrogens with zero attached hydrogens (tertiary/aromatic N) is 4. The lowest BCUT2D eigenvalue weighted by Crippen LogP contribution is -2.14. The lowest BCUT2D eigenvalue weighted by Gasteiger charge is -2.06. The van der Waals surface area contributed by atoms with Gasteiger partial charge < -0.3 is 5.32 Å². The van der Waals surface area contributed by atoms with E-state index < -0.39 is 0 Å². The van der Waals surface area contributed by atoms with Crippen molar-refractivity contribution in [3.8, 4) is 5.82 Å². The number of rotatable bonds is 5. The van der Waals surface area contributed by atoms with Crippen molar-refractivity contribution in [1.82, 2.24) is 30.0 Å². The van der Waals surface area contributed by atoms with E-state index in [-0.39, 0.29) is 12.4 Å². The average Bonchev–Trinajstić information content (AvgIpc) is 3.13. The zero-order chi connectivity index (χ0) is 14.7. The first kappa shape index (κ1) is 16.2. The molecule has 3 aromatic rings. The lowest BCUT2D eigenvalue weighted by atomic mass is 10.2. The molecule has 0 radical (unpaired) electrons. The summed E-state index contributed by atoms with van der Waals surface area (Å²) in [4.78, 5) is 8.45. The molecule has 0 saturated carbocycles. The fraction of sp³-hybridized carbons (Fsp3) is 0.267. The van der Waals surface area contributed by atoms with Crippen LogP contribution in [0.3, 0.4) is 0 Å². The number of imidazole rings is 1. The molecule has 0 fully saturated rings. The summed E-state index contributed by atoms with van der Waals surface area (Å²) in [5.74, 6) is 0.873. The second-order valence-corrected chi connectivity index (χ2v) is 5.01. The number of nitrogens with one attached hydrogen (secondary N) is 2. The second kappa shape index (κ2) is 7.20. The van der Waals surface area contributed by atoms with Gasteiger partial charge in [0.1, 0.15) is 12.1 Å². The Morgan fingerprint density at radius 3 is 2.68 bits per heavy atom. The lowest BCUT2D eigenvalue weighted by molar-refractivity contribution is 0.686. The molecule has 3 heterocycles. The summed E-state index contributed by atoms with van der Waals surface area (Å²) >= 11 is 0. The van der Waals surface area contributed by atoms with Crippen LogP contribution in [-0.2, 0) is 13.1 Å². The molecule has 0 aliphatic heterocycles. The van der Waals surface area contributed by atoms with Gasteiger partial charge in [-0.2, -0.15) is 5.10 Å². The van der Waals surface area contributed by atoms with E-state index in [0.29, 0.717) is 0 Å². The number of hydrogen-bond acceptors (Lipinski definition) is 4. The highest BCUT2D eigenvalue weighted by atomic mass is 35.5.